The average molecular weight is 361 g/mol. The molecule has 0 aliphatic rings. The lowest BCUT2D eigenvalue weighted by Crippen LogP contribution is -2.21. The Kier molecular flexibility index (Phi) is 6.69. The molecule has 0 saturated heterocycles. The van der Waals surface area contributed by atoms with E-state index >= 15 is 0 Å². The number of carbonyl (C=O) groups excluding carboxylic acids is 2. The van der Waals surface area contributed by atoms with Gasteiger partial charge in [0.1, 0.15) is 23.5 Å². The Balaban J connectivity index is 1.98. The number of hydrogen-bond donors (Lipinski definition) is 1. The van der Waals surface area contributed by atoms with Crippen LogP contribution in [0.4, 0.5) is 5.69 Å². The summed E-state index contributed by atoms with van der Waals surface area (Å²) in [5, 5.41) is 20.6. The second-order valence-electron chi connectivity index (χ2n) is 5.22. The van der Waals surface area contributed by atoms with Gasteiger partial charge in [0.15, 0.2) is 6.61 Å². The van der Waals surface area contributed by atoms with Crippen LogP contribution in [0.15, 0.2) is 54.1 Å². The molecule has 0 atom stereocenters. The number of nitrogens with one attached hydrogen (secondary N) is 1. The monoisotopic (exact) mass is 361 g/mol. The predicted molar refractivity (Wildman–Crippen MR) is 97.3 cm³/mol. The number of hydrogen-bond acceptors (Lipinski definition) is 6. The van der Waals surface area contributed by atoms with Crippen molar-refractivity contribution >= 4 is 23.6 Å². The largest absolute Gasteiger partial charge is 0.497 e. The van der Waals surface area contributed by atoms with Crippen molar-refractivity contribution < 1.29 is 19.1 Å². The molecule has 1 N–H and O–H groups in total. The lowest BCUT2D eigenvalue weighted by atomic mass is 10.1. The number of ether oxygens (including phenoxy) is 2. The summed E-state index contributed by atoms with van der Waals surface area (Å²) in [6.07, 6.45) is 1.35. The van der Waals surface area contributed by atoms with E-state index in [0.29, 0.717) is 17.0 Å². The van der Waals surface area contributed by atoms with Gasteiger partial charge >= 0.3 is 5.97 Å². The van der Waals surface area contributed by atoms with E-state index in [1.165, 1.54) is 13.2 Å². The van der Waals surface area contributed by atoms with Crippen molar-refractivity contribution in [2.75, 3.05) is 19.0 Å². The number of esters is 1. The van der Waals surface area contributed by atoms with Gasteiger partial charge in [-0.1, -0.05) is 24.3 Å². The summed E-state index contributed by atoms with van der Waals surface area (Å²) in [6.45, 7) is -0.583. The quantitative estimate of drug-likeness (QED) is 0.481. The van der Waals surface area contributed by atoms with E-state index in [1.807, 2.05) is 6.07 Å². The zero-order valence-corrected chi connectivity index (χ0v) is 14.4. The van der Waals surface area contributed by atoms with Crippen LogP contribution in [0.5, 0.6) is 5.75 Å². The highest BCUT2D eigenvalue weighted by Gasteiger charge is 2.14. The number of nitriles is 2. The second-order valence-corrected chi connectivity index (χ2v) is 5.22. The van der Waals surface area contributed by atoms with Crippen LogP contribution in [0.1, 0.15) is 11.1 Å². The predicted octanol–water partition coefficient (Wildman–Crippen LogP) is 2.66. The Bertz CT molecular complexity index is 950. The molecule has 1 amide bonds. The SMILES string of the molecule is COc1ccc(/C=C(\C#N)C(=O)OCC(=O)Nc2ccccc2C#N)cc1. The van der Waals surface area contributed by atoms with Crippen LogP contribution in [-0.2, 0) is 14.3 Å². The number of rotatable bonds is 6. The summed E-state index contributed by atoms with van der Waals surface area (Å²) in [6, 6.07) is 16.9. The van der Waals surface area contributed by atoms with Gasteiger partial charge in [0.25, 0.3) is 5.91 Å². The molecule has 0 aromatic heterocycles. The summed E-state index contributed by atoms with van der Waals surface area (Å²) in [4.78, 5) is 23.9. The van der Waals surface area contributed by atoms with E-state index in [1.54, 1.807) is 54.6 Å². The Hall–Kier alpha value is -4.10. The van der Waals surface area contributed by atoms with Crippen molar-refractivity contribution in [3.05, 3.63) is 65.2 Å². The molecule has 0 aliphatic carbocycles. The fraction of sp³-hybridized carbons (Fsp3) is 0.100. The molecule has 0 fully saturated rings. The van der Waals surface area contributed by atoms with E-state index in [9.17, 15) is 9.59 Å². The molecule has 7 heteroatoms. The molecule has 0 unspecified atom stereocenters. The third-order valence-corrected chi connectivity index (χ3v) is 3.42. The van der Waals surface area contributed by atoms with Gasteiger partial charge in [-0.05, 0) is 35.9 Å². The van der Waals surface area contributed by atoms with Crippen LogP contribution >= 0.6 is 0 Å². The Morgan fingerprint density at radius 2 is 1.81 bits per heavy atom. The Morgan fingerprint density at radius 3 is 2.44 bits per heavy atom. The molecule has 0 spiro atoms. The fourth-order valence-corrected chi connectivity index (χ4v) is 2.09. The normalized spacial score (nSPS) is 10.3. The smallest absolute Gasteiger partial charge is 0.349 e. The summed E-state index contributed by atoms with van der Waals surface area (Å²) >= 11 is 0. The molecule has 2 aromatic carbocycles. The summed E-state index contributed by atoms with van der Waals surface area (Å²) in [5.74, 6) is -0.896. The van der Waals surface area contributed by atoms with Crippen molar-refractivity contribution in [3.63, 3.8) is 0 Å². The van der Waals surface area contributed by atoms with Crippen LogP contribution in [0, 0.1) is 22.7 Å². The molecular formula is C20H15N3O4. The fourth-order valence-electron chi connectivity index (χ4n) is 2.09. The van der Waals surface area contributed by atoms with Crippen molar-refractivity contribution in [2.45, 2.75) is 0 Å². The molecule has 2 rings (SSSR count). The highest BCUT2D eigenvalue weighted by molar-refractivity contribution is 6.00. The van der Waals surface area contributed by atoms with Gasteiger partial charge in [-0.15, -0.1) is 0 Å². The zero-order valence-electron chi connectivity index (χ0n) is 14.4. The number of anilines is 1. The Morgan fingerprint density at radius 1 is 1.11 bits per heavy atom. The van der Waals surface area contributed by atoms with E-state index < -0.39 is 18.5 Å². The van der Waals surface area contributed by atoms with Crippen molar-refractivity contribution in [1.82, 2.24) is 0 Å². The molecule has 0 bridgehead atoms. The van der Waals surface area contributed by atoms with Crippen LogP contribution < -0.4 is 10.1 Å². The van der Waals surface area contributed by atoms with Crippen LogP contribution in [0.3, 0.4) is 0 Å². The number of carbonyl (C=O) groups is 2. The molecule has 7 nitrogen and oxygen atoms in total. The van der Waals surface area contributed by atoms with Gasteiger partial charge < -0.3 is 14.8 Å². The lowest BCUT2D eigenvalue weighted by molar-refractivity contribution is -0.142. The van der Waals surface area contributed by atoms with Crippen molar-refractivity contribution in [3.8, 4) is 17.9 Å². The van der Waals surface area contributed by atoms with Gasteiger partial charge in [-0.25, -0.2) is 4.79 Å². The molecule has 0 radical (unpaired) electrons. The van der Waals surface area contributed by atoms with Crippen molar-refractivity contribution in [1.29, 1.82) is 10.5 Å². The van der Waals surface area contributed by atoms with Crippen LogP contribution in [0.25, 0.3) is 6.08 Å². The van der Waals surface area contributed by atoms with E-state index in [4.69, 9.17) is 20.0 Å². The van der Waals surface area contributed by atoms with Gasteiger partial charge in [-0.3, -0.25) is 4.79 Å². The first-order chi connectivity index (χ1) is 13.1. The summed E-state index contributed by atoms with van der Waals surface area (Å²) < 4.78 is 9.91. The first kappa shape index (κ1) is 19.2. The molecule has 0 aliphatic heterocycles. The maximum absolute atomic E-state index is 12.0. The third-order valence-electron chi connectivity index (χ3n) is 3.42. The molecule has 0 heterocycles. The number of benzene rings is 2. The number of methoxy groups -OCH3 is 1. The van der Waals surface area contributed by atoms with E-state index in [0.717, 1.165) is 0 Å². The van der Waals surface area contributed by atoms with Gasteiger partial charge in [0, 0.05) is 0 Å². The first-order valence-electron chi connectivity index (χ1n) is 7.79. The maximum Gasteiger partial charge on any atom is 0.349 e. The Labute approximate surface area is 156 Å². The lowest BCUT2D eigenvalue weighted by Gasteiger charge is -2.07. The molecule has 27 heavy (non-hydrogen) atoms. The minimum atomic E-state index is -0.919. The minimum Gasteiger partial charge on any atom is -0.497 e. The third kappa shape index (κ3) is 5.45. The molecule has 2 aromatic rings. The molecule has 0 saturated carbocycles. The topological polar surface area (TPSA) is 112 Å². The molecule has 134 valence electrons. The van der Waals surface area contributed by atoms with Gasteiger partial charge in [0.05, 0.1) is 18.4 Å². The van der Waals surface area contributed by atoms with Crippen LogP contribution in [0.2, 0.25) is 0 Å². The first-order valence-corrected chi connectivity index (χ1v) is 7.79. The summed E-state index contributed by atoms with van der Waals surface area (Å²) in [7, 11) is 1.53. The highest BCUT2D eigenvalue weighted by atomic mass is 16.5. The number of nitrogens with zero attached hydrogens (tertiary/aromatic N) is 2. The van der Waals surface area contributed by atoms with Crippen LogP contribution in [-0.4, -0.2) is 25.6 Å². The molecular weight excluding hydrogens is 346 g/mol. The maximum atomic E-state index is 12.0. The second kappa shape index (κ2) is 9.40. The number of amides is 1. The summed E-state index contributed by atoms with van der Waals surface area (Å²) in [5.41, 5.74) is 0.965. The average Bonchev–Trinajstić information content (AvgIpc) is 2.71. The van der Waals surface area contributed by atoms with E-state index in [-0.39, 0.29) is 11.1 Å². The minimum absolute atomic E-state index is 0.245. The van der Waals surface area contributed by atoms with Crippen molar-refractivity contribution in [2.24, 2.45) is 0 Å². The van der Waals surface area contributed by atoms with Gasteiger partial charge in [0.2, 0.25) is 0 Å². The zero-order chi connectivity index (χ0) is 19.6. The standard InChI is InChI=1S/C20H15N3O4/c1-26-17-8-6-14(7-9-17)10-16(12-22)20(25)27-13-19(24)23-18-5-3-2-4-15(18)11-21/h2-10H,13H2,1H3,(H,23,24)/b16-10+. The number of para-hydroxylation sites is 1. The van der Waals surface area contributed by atoms with E-state index in [2.05, 4.69) is 5.32 Å². The highest BCUT2D eigenvalue weighted by Crippen LogP contribution is 2.15. The van der Waals surface area contributed by atoms with Gasteiger partial charge in [-0.2, -0.15) is 10.5 Å².